The quantitative estimate of drug-likeness (QED) is 0.537. The Hall–Kier alpha value is -2.90. The van der Waals surface area contributed by atoms with Crippen LogP contribution in [-0.2, 0) is 11.3 Å². The number of benzene rings is 2. The van der Waals surface area contributed by atoms with Crippen LogP contribution < -0.4 is 0 Å². The topological polar surface area (TPSA) is 63.0 Å². The van der Waals surface area contributed by atoms with E-state index >= 15 is 0 Å². The number of carbonyl (C=O) groups is 1. The number of carbonyl (C=O) groups excluding carboxylic acids is 1. The Morgan fingerprint density at radius 2 is 2.00 bits per heavy atom. The molecule has 0 fully saturated rings. The number of para-hydroxylation sites is 1. The minimum atomic E-state index is -0.479. The molecule has 0 aliphatic heterocycles. The van der Waals surface area contributed by atoms with Gasteiger partial charge in [-0.15, -0.1) is 0 Å². The molecule has 23 heavy (non-hydrogen) atoms. The highest BCUT2D eigenvalue weighted by Crippen LogP contribution is 2.22. The summed E-state index contributed by atoms with van der Waals surface area (Å²) < 4.78 is 5.34. The van der Waals surface area contributed by atoms with Crippen molar-refractivity contribution >= 4 is 28.5 Å². The molecule has 0 aliphatic rings. The van der Waals surface area contributed by atoms with Crippen molar-refractivity contribution in [3.63, 3.8) is 0 Å². The SMILES string of the molecule is N#Cc1cccc(COC(=O)c2cc(Cl)nc3ccccc23)c1. The summed E-state index contributed by atoms with van der Waals surface area (Å²) in [5, 5.41) is 9.81. The maximum atomic E-state index is 12.4. The van der Waals surface area contributed by atoms with Gasteiger partial charge in [0.2, 0.25) is 0 Å². The van der Waals surface area contributed by atoms with Crippen LogP contribution in [0.4, 0.5) is 0 Å². The zero-order valence-electron chi connectivity index (χ0n) is 12.0. The van der Waals surface area contributed by atoms with Gasteiger partial charge in [-0.25, -0.2) is 9.78 Å². The number of pyridine rings is 1. The average Bonchev–Trinajstić information content (AvgIpc) is 2.59. The van der Waals surface area contributed by atoms with Crippen molar-refractivity contribution < 1.29 is 9.53 Å². The van der Waals surface area contributed by atoms with E-state index in [0.717, 1.165) is 5.56 Å². The number of aromatic nitrogens is 1. The molecule has 0 spiro atoms. The van der Waals surface area contributed by atoms with Gasteiger partial charge in [0.05, 0.1) is 22.7 Å². The van der Waals surface area contributed by atoms with Crippen LogP contribution in [-0.4, -0.2) is 11.0 Å². The largest absolute Gasteiger partial charge is 0.457 e. The fourth-order valence-corrected chi connectivity index (χ4v) is 2.47. The molecule has 0 atom stereocenters. The first-order valence-electron chi connectivity index (χ1n) is 6.89. The Bertz CT molecular complexity index is 932. The van der Waals surface area contributed by atoms with E-state index < -0.39 is 5.97 Å². The maximum absolute atomic E-state index is 12.4. The normalized spacial score (nSPS) is 10.3. The van der Waals surface area contributed by atoms with Crippen LogP contribution in [0.1, 0.15) is 21.5 Å². The van der Waals surface area contributed by atoms with Gasteiger partial charge in [-0.2, -0.15) is 5.26 Å². The minimum absolute atomic E-state index is 0.0859. The number of fused-ring (bicyclic) bond motifs is 1. The maximum Gasteiger partial charge on any atom is 0.339 e. The van der Waals surface area contributed by atoms with Gasteiger partial charge < -0.3 is 4.74 Å². The molecule has 1 aromatic heterocycles. The smallest absolute Gasteiger partial charge is 0.339 e. The van der Waals surface area contributed by atoms with Gasteiger partial charge in [-0.3, -0.25) is 0 Å². The van der Waals surface area contributed by atoms with Crippen molar-refractivity contribution in [2.45, 2.75) is 6.61 Å². The van der Waals surface area contributed by atoms with E-state index in [9.17, 15) is 4.79 Å². The summed E-state index contributed by atoms with van der Waals surface area (Å²) in [6, 6.07) is 17.7. The molecule has 1 heterocycles. The number of rotatable bonds is 3. The summed E-state index contributed by atoms with van der Waals surface area (Å²) in [6.07, 6.45) is 0. The van der Waals surface area contributed by atoms with Crippen LogP contribution >= 0.6 is 11.6 Å². The molecule has 0 radical (unpaired) electrons. The molecular formula is C18H11ClN2O2. The first kappa shape index (κ1) is 15.0. The van der Waals surface area contributed by atoms with Crippen molar-refractivity contribution in [2.24, 2.45) is 0 Å². The van der Waals surface area contributed by atoms with Crippen molar-refractivity contribution in [3.8, 4) is 6.07 Å². The second-order valence-corrected chi connectivity index (χ2v) is 5.29. The highest BCUT2D eigenvalue weighted by molar-refractivity contribution is 6.30. The Morgan fingerprint density at radius 1 is 1.17 bits per heavy atom. The van der Waals surface area contributed by atoms with E-state index in [1.54, 1.807) is 36.4 Å². The number of ether oxygens (including phenoxy) is 1. The van der Waals surface area contributed by atoms with Gasteiger partial charge in [0.25, 0.3) is 0 Å². The first-order valence-corrected chi connectivity index (χ1v) is 7.26. The molecule has 3 aromatic rings. The van der Waals surface area contributed by atoms with Gasteiger partial charge in [-0.1, -0.05) is 41.9 Å². The third kappa shape index (κ3) is 3.31. The fourth-order valence-electron chi connectivity index (χ4n) is 2.27. The molecule has 3 rings (SSSR count). The summed E-state index contributed by atoms with van der Waals surface area (Å²) >= 11 is 5.97. The molecule has 5 heteroatoms. The van der Waals surface area contributed by atoms with Gasteiger partial charge in [0.1, 0.15) is 11.8 Å². The summed E-state index contributed by atoms with van der Waals surface area (Å²) in [5.41, 5.74) is 2.29. The van der Waals surface area contributed by atoms with Crippen molar-refractivity contribution in [2.75, 3.05) is 0 Å². The van der Waals surface area contributed by atoms with Gasteiger partial charge in [0.15, 0.2) is 0 Å². The molecule has 112 valence electrons. The number of nitrogens with zero attached hydrogens (tertiary/aromatic N) is 2. The molecule has 0 saturated heterocycles. The van der Waals surface area contributed by atoms with Crippen LogP contribution in [0.5, 0.6) is 0 Å². The molecule has 4 nitrogen and oxygen atoms in total. The molecule has 0 saturated carbocycles. The van der Waals surface area contributed by atoms with E-state index in [2.05, 4.69) is 11.1 Å². The number of halogens is 1. The van der Waals surface area contributed by atoms with Crippen molar-refractivity contribution in [1.82, 2.24) is 4.98 Å². The van der Waals surface area contributed by atoms with Crippen LogP contribution in [0.15, 0.2) is 54.6 Å². The second kappa shape index (κ2) is 6.47. The third-order valence-electron chi connectivity index (χ3n) is 3.33. The monoisotopic (exact) mass is 322 g/mol. The number of hydrogen-bond donors (Lipinski definition) is 0. The predicted molar refractivity (Wildman–Crippen MR) is 87.0 cm³/mol. The first-order chi connectivity index (χ1) is 11.2. The molecule has 0 amide bonds. The molecule has 0 bridgehead atoms. The molecule has 0 N–H and O–H groups in total. The Kier molecular flexibility index (Phi) is 4.22. The lowest BCUT2D eigenvalue weighted by Gasteiger charge is -2.08. The van der Waals surface area contributed by atoms with Crippen LogP contribution in [0.3, 0.4) is 0 Å². The van der Waals surface area contributed by atoms with Gasteiger partial charge in [0, 0.05) is 5.39 Å². The zero-order chi connectivity index (χ0) is 16.2. The van der Waals surface area contributed by atoms with Crippen molar-refractivity contribution in [1.29, 1.82) is 5.26 Å². The lowest BCUT2D eigenvalue weighted by atomic mass is 10.1. The fraction of sp³-hybridized carbons (Fsp3) is 0.0556. The summed E-state index contributed by atoms with van der Waals surface area (Å²) in [7, 11) is 0. The number of nitriles is 1. The third-order valence-corrected chi connectivity index (χ3v) is 3.52. The summed E-state index contributed by atoms with van der Waals surface area (Å²) in [6.45, 7) is 0.0859. The van der Waals surface area contributed by atoms with E-state index in [1.165, 1.54) is 6.07 Å². The standard InChI is InChI=1S/C18H11ClN2O2/c19-17-9-15(14-6-1-2-7-16(14)21-17)18(22)23-11-13-5-3-4-12(8-13)10-20/h1-9H,11H2. The average molecular weight is 323 g/mol. The lowest BCUT2D eigenvalue weighted by molar-refractivity contribution is 0.0475. The highest BCUT2D eigenvalue weighted by Gasteiger charge is 2.14. The highest BCUT2D eigenvalue weighted by atomic mass is 35.5. The summed E-state index contributed by atoms with van der Waals surface area (Å²) in [5.74, 6) is -0.479. The molecule has 0 unspecified atom stereocenters. The molecular weight excluding hydrogens is 312 g/mol. The molecule has 2 aromatic carbocycles. The van der Waals surface area contributed by atoms with Gasteiger partial charge >= 0.3 is 5.97 Å². The van der Waals surface area contributed by atoms with Crippen LogP contribution in [0.2, 0.25) is 5.15 Å². The lowest BCUT2D eigenvalue weighted by Crippen LogP contribution is -2.06. The predicted octanol–water partition coefficient (Wildman–Crippen LogP) is 4.12. The van der Waals surface area contributed by atoms with Crippen LogP contribution in [0, 0.1) is 11.3 Å². The van der Waals surface area contributed by atoms with Crippen LogP contribution in [0.25, 0.3) is 10.9 Å². The molecule has 0 aliphatic carbocycles. The number of hydrogen-bond acceptors (Lipinski definition) is 4. The second-order valence-electron chi connectivity index (χ2n) is 4.90. The Balaban J connectivity index is 1.85. The van der Waals surface area contributed by atoms with E-state index in [1.807, 2.05) is 12.1 Å². The van der Waals surface area contributed by atoms with E-state index in [4.69, 9.17) is 21.6 Å². The Labute approximate surface area is 137 Å². The minimum Gasteiger partial charge on any atom is -0.457 e. The Morgan fingerprint density at radius 3 is 2.83 bits per heavy atom. The van der Waals surface area contributed by atoms with Gasteiger partial charge in [-0.05, 0) is 29.8 Å². The van der Waals surface area contributed by atoms with E-state index in [0.29, 0.717) is 22.0 Å². The zero-order valence-corrected chi connectivity index (χ0v) is 12.7. The summed E-state index contributed by atoms with van der Waals surface area (Å²) in [4.78, 5) is 16.5. The van der Waals surface area contributed by atoms with E-state index in [-0.39, 0.29) is 11.8 Å². The van der Waals surface area contributed by atoms with Crippen molar-refractivity contribution in [3.05, 3.63) is 76.4 Å². The number of esters is 1.